The van der Waals surface area contributed by atoms with E-state index < -0.39 is 6.17 Å². The van der Waals surface area contributed by atoms with Gasteiger partial charge in [-0.1, -0.05) is 6.08 Å². The zero-order chi connectivity index (χ0) is 9.42. The summed E-state index contributed by atoms with van der Waals surface area (Å²) in [5.41, 5.74) is 0.542. The fourth-order valence-electron chi connectivity index (χ4n) is 1.22. The lowest BCUT2D eigenvalue weighted by Gasteiger charge is -2.16. The van der Waals surface area contributed by atoms with E-state index in [4.69, 9.17) is 0 Å². The number of hydrogen-bond acceptors (Lipinski definition) is 2. The van der Waals surface area contributed by atoms with Gasteiger partial charge in [-0.05, 0) is 28.1 Å². The molecule has 1 heterocycles. The minimum atomic E-state index is -1.26. The van der Waals surface area contributed by atoms with Crippen molar-refractivity contribution in [1.82, 2.24) is 0 Å². The molecule has 0 bridgehead atoms. The zero-order valence-corrected chi connectivity index (χ0v) is 8.08. The topological polar surface area (TPSA) is 29.4 Å². The van der Waals surface area contributed by atoms with Gasteiger partial charge in [-0.25, -0.2) is 4.39 Å². The molecule has 0 saturated carbocycles. The summed E-state index contributed by atoms with van der Waals surface area (Å²) in [6.07, 6.45) is 4.54. The van der Waals surface area contributed by atoms with Gasteiger partial charge in [0.2, 0.25) is 5.78 Å². The number of Topliss-reactive ketones (excluding diaryl/α,β-unsaturated/α-hetero) is 1. The average molecular weight is 242 g/mol. The van der Waals surface area contributed by atoms with Crippen LogP contribution in [0.1, 0.15) is 0 Å². The summed E-state index contributed by atoms with van der Waals surface area (Å²) >= 11 is 3.05. The summed E-state index contributed by atoms with van der Waals surface area (Å²) in [5.74, 6) is -0.211. The Morgan fingerprint density at radius 3 is 3.08 bits per heavy atom. The fraction of sp³-hybridized carbons (Fsp3) is 0.111. The van der Waals surface area contributed by atoms with Crippen LogP contribution >= 0.6 is 15.9 Å². The van der Waals surface area contributed by atoms with Crippen LogP contribution < -0.4 is 0 Å². The van der Waals surface area contributed by atoms with Crippen molar-refractivity contribution in [2.45, 2.75) is 6.17 Å². The first-order valence-electron chi connectivity index (χ1n) is 3.71. The number of nitrogens with zero attached hydrogens (tertiary/aromatic N) is 1. The Morgan fingerprint density at radius 1 is 1.54 bits per heavy atom. The van der Waals surface area contributed by atoms with E-state index in [2.05, 4.69) is 20.9 Å². The fourth-order valence-corrected chi connectivity index (χ4v) is 1.54. The lowest BCUT2D eigenvalue weighted by molar-refractivity contribution is -0.111. The van der Waals surface area contributed by atoms with Crippen molar-refractivity contribution in [1.29, 1.82) is 0 Å². The minimum absolute atomic E-state index is 0.204. The Morgan fingerprint density at radius 2 is 2.31 bits per heavy atom. The van der Waals surface area contributed by atoms with E-state index in [0.29, 0.717) is 10.1 Å². The summed E-state index contributed by atoms with van der Waals surface area (Å²) in [7, 11) is 0. The summed E-state index contributed by atoms with van der Waals surface area (Å²) in [5, 5.41) is 0. The molecule has 2 rings (SSSR count). The summed E-state index contributed by atoms with van der Waals surface area (Å²) in [6.45, 7) is 0. The molecule has 0 fully saturated rings. The highest BCUT2D eigenvalue weighted by molar-refractivity contribution is 9.12. The Hall–Kier alpha value is -1.03. The Bertz CT molecular complexity index is 392. The highest BCUT2D eigenvalue weighted by Gasteiger charge is 2.28. The predicted octanol–water partition coefficient (Wildman–Crippen LogP) is 2.08. The number of halogens is 2. The van der Waals surface area contributed by atoms with Gasteiger partial charge in [-0.3, -0.25) is 9.79 Å². The SMILES string of the molecule is O=C1C(Br)=CN=C2C1=CC=CC2F. The number of rotatable bonds is 0. The number of ketones is 1. The molecule has 0 amide bonds. The third kappa shape index (κ3) is 1.31. The molecule has 66 valence electrons. The van der Waals surface area contributed by atoms with Gasteiger partial charge in [0.05, 0.1) is 10.2 Å². The molecular weight excluding hydrogens is 237 g/mol. The molecule has 0 aromatic carbocycles. The molecule has 1 unspecified atom stereocenters. The maximum Gasteiger partial charge on any atom is 0.203 e. The normalized spacial score (nSPS) is 26.2. The monoisotopic (exact) mass is 241 g/mol. The van der Waals surface area contributed by atoms with Gasteiger partial charge in [0, 0.05) is 11.8 Å². The lowest BCUT2D eigenvalue weighted by atomic mass is 9.96. The van der Waals surface area contributed by atoms with Crippen LogP contribution in [0.15, 0.2) is 39.5 Å². The first-order valence-corrected chi connectivity index (χ1v) is 4.50. The summed E-state index contributed by atoms with van der Waals surface area (Å²) < 4.78 is 13.5. The van der Waals surface area contributed by atoms with E-state index in [1.165, 1.54) is 18.4 Å². The highest BCUT2D eigenvalue weighted by Crippen LogP contribution is 2.24. The number of fused-ring (bicyclic) bond motifs is 1. The molecule has 0 saturated heterocycles. The Kier molecular flexibility index (Phi) is 2.00. The second kappa shape index (κ2) is 3.03. The van der Waals surface area contributed by atoms with E-state index in [-0.39, 0.29) is 11.5 Å². The molecule has 1 aliphatic heterocycles. The first-order chi connectivity index (χ1) is 6.20. The van der Waals surface area contributed by atoms with Crippen LogP contribution in [0.4, 0.5) is 4.39 Å². The first kappa shape index (κ1) is 8.56. The molecule has 2 nitrogen and oxygen atoms in total. The maximum absolute atomic E-state index is 13.2. The van der Waals surface area contributed by atoms with Crippen molar-refractivity contribution in [2.75, 3.05) is 0 Å². The Labute approximate surface area is 82.7 Å². The highest BCUT2D eigenvalue weighted by atomic mass is 79.9. The van der Waals surface area contributed by atoms with E-state index in [1.54, 1.807) is 6.08 Å². The average Bonchev–Trinajstić information content (AvgIpc) is 2.12. The number of carbonyl (C=O) groups is 1. The van der Waals surface area contributed by atoms with Crippen LogP contribution in [0.5, 0.6) is 0 Å². The molecular formula is C9H5BrFNO. The van der Waals surface area contributed by atoms with Crippen molar-refractivity contribution in [3.8, 4) is 0 Å². The van der Waals surface area contributed by atoms with Gasteiger partial charge in [-0.2, -0.15) is 0 Å². The number of carbonyl (C=O) groups excluding carboxylic acids is 1. The van der Waals surface area contributed by atoms with Crippen LogP contribution in [0.25, 0.3) is 0 Å². The lowest BCUT2D eigenvalue weighted by Crippen LogP contribution is -2.25. The van der Waals surface area contributed by atoms with Crippen molar-refractivity contribution >= 4 is 27.4 Å². The van der Waals surface area contributed by atoms with Gasteiger partial charge in [0.1, 0.15) is 0 Å². The van der Waals surface area contributed by atoms with Gasteiger partial charge < -0.3 is 0 Å². The maximum atomic E-state index is 13.2. The van der Waals surface area contributed by atoms with Gasteiger partial charge >= 0.3 is 0 Å². The van der Waals surface area contributed by atoms with Crippen molar-refractivity contribution in [3.05, 3.63) is 34.5 Å². The molecule has 1 atom stereocenters. The molecule has 1 aliphatic carbocycles. The van der Waals surface area contributed by atoms with Crippen LogP contribution in [-0.2, 0) is 4.79 Å². The quantitative estimate of drug-likeness (QED) is 0.639. The molecule has 0 aromatic heterocycles. The second-order valence-corrected chi connectivity index (χ2v) is 3.54. The van der Waals surface area contributed by atoms with Crippen LogP contribution in [0, 0.1) is 0 Å². The van der Waals surface area contributed by atoms with Gasteiger partial charge in [0.25, 0.3) is 0 Å². The van der Waals surface area contributed by atoms with Crippen LogP contribution in [0.3, 0.4) is 0 Å². The minimum Gasteiger partial charge on any atom is -0.288 e. The van der Waals surface area contributed by atoms with E-state index >= 15 is 0 Å². The molecule has 4 heteroatoms. The second-order valence-electron chi connectivity index (χ2n) is 2.69. The van der Waals surface area contributed by atoms with E-state index in [1.807, 2.05) is 0 Å². The van der Waals surface area contributed by atoms with Crippen LogP contribution in [0.2, 0.25) is 0 Å². The van der Waals surface area contributed by atoms with Gasteiger partial charge in [0.15, 0.2) is 6.17 Å². The molecule has 0 radical (unpaired) electrons. The van der Waals surface area contributed by atoms with Crippen molar-refractivity contribution in [3.63, 3.8) is 0 Å². The van der Waals surface area contributed by atoms with Crippen LogP contribution in [-0.4, -0.2) is 17.7 Å². The molecule has 0 N–H and O–H groups in total. The van der Waals surface area contributed by atoms with Gasteiger partial charge in [-0.15, -0.1) is 0 Å². The summed E-state index contributed by atoms with van der Waals surface area (Å²) in [4.78, 5) is 15.3. The predicted molar refractivity (Wildman–Crippen MR) is 51.6 cm³/mol. The number of hydrogen-bond donors (Lipinski definition) is 0. The number of alkyl halides is 1. The third-order valence-corrected chi connectivity index (χ3v) is 2.42. The Balaban J connectivity index is 2.52. The summed E-state index contributed by atoms with van der Waals surface area (Å²) in [6, 6.07) is 0. The largest absolute Gasteiger partial charge is 0.288 e. The molecule has 13 heavy (non-hydrogen) atoms. The zero-order valence-electron chi connectivity index (χ0n) is 6.50. The molecule has 0 spiro atoms. The standard InChI is InChI=1S/C9H5BrFNO/c10-6-4-12-8-5(9(6)13)2-1-3-7(8)11/h1-4,7H. The van der Waals surface area contributed by atoms with E-state index in [9.17, 15) is 9.18 Å². The third-order valence-electron chi connectivity index (χ3n) is 1.86. The van der Waals surface area contributed by atoms with Crippen molar-refractivity contribution < 1.29 is 9.18 Å². The van der Waals surface area contributed by atoms with E-state index in [0.717, 1.165) is 0 Å². The molecule has 2 aliphatic rings. The number of allylic oxidation sites excluding steroid dienone is 5. The molecule has 0 aromatic rings. The number of aliphatic imine (C=N–C) groups is 1. The smallest absolute Gasteiger partial charge is 0.203 e. The van der Waals surface area contributed by atoms with Crippen molar-refractivity contribution in [2.24, 2.45) is 4.99 Å².